The van der Waals surface area contributed by atoms with E-state index in [9.17, 15) is 8.76 Å². The molecule has 2 atom stereocenters. The Bertz CT molecular complexity index is 298. The molecule has 1 aliphatic rings. The van der Waals surface area contributed by atoms with Gasteiger partial charge in [-0.25, -0.2) is 0 Å². The first-order valence-electron chi connectivity index (χ1n) is 4.76. The lowest BCUT2D eigenvalue weighted by Crippen LogP contribution is -2.51. The summed E-state index contributed by atoms with van der Waals surface area (Å²) in [4.78, 5) is 0. The summed E-state index contributed by atoms with van der Waals surface area (Å²) in [6, 6.07) is 0. The van der Waals surface area contributed by atoms with Crippen LogP contribution < -0.4 is 10.6 Å². The Labute approximate surface area is 95.9 Å². The van der Waals surface area contributed by atoms with E-state index in [-0.39, 0.29) is 12.4 Å². The van der Waals surface area contributed by atoms with Gasteiger partial charge in [-0.05, 0) is 19.1 Å². The van der Waals surface area contributed by atoms with Crippen molar-refractivity contribution < 1.29 is 13.9 Å². The summed E-state index contributed by atoms with van der Waals surface area (Å²) < 4.78 is 20.8. The van der Waals surface area contributed by atoms with Gasteiger partial charge in [0.1, 0.15) is 5.75 Å². The summed E-state index contributed by atoms with van der Waals surface area (Å²) in [6.07, 6.45) is 0.628. The number of thiocarbonyl (C=S) groups is 1. The van der Waals surface area contributed by atoms with Gasteiger partial charge in [-0.3, -0.25) is 0 Å². The first kappa shape index (κ1) is 12.8. The van der Waals surface area contributed by atoms with E-state index in [1.54, 1.807) is 0 Å². The smallest absolute Gasteiger partial charge is 0.216 e. The van der Waals surface area contributed by atoms with Gasteiger partial charge in [0.25, 0.3) is 0 Å². The molecule has 88 valence electrons. The second kappa shape index (κ2) is 4.73. The molecular formula is C8H17N2O3S2+. The average Bonchev–Trinajstić information content (AvgIpc) is 2.37. The third-order valence-corrected chi connectivity index (χ3v) is 4.51. The van der Waals surface area contributed by atoms with E-state index in [2.05, 4.69) is 10.6 Å². The fourth-order valence-corrected chi connectivity index (χ4v) is 4.09. The Morgan fingerprint density at radius 1 is 1.67 bits per heavy atom. The van der Waals surface area contributed by atoms with Crippen LogP contribution in [0.5, 0.6) is 0 Å². The van der Waals surface area contributed by atoms with Gasteiger partial charge in [0.2, 0.25) is 10.2 Å². The van der Waals surface area contributed by atoms with Crippen LogP contribution in [0.15, 0.2) is 0 Å². The van der Waals surface area contributed by atoms with Gasteiger partial charge in [0.05, 0.1) is 12.1 Å². The second-order valence-electron chi connectivity index (χ2n) is 4.04. The molecule has 0 bridgehead atoms. The molecule has 0 saturated carbocycles. The third kappa shape index (κ3) is 4.02. The fraction of sp³-hybridized carbons (Fsp3) is 0.875. The van der Waals surface area contributed by atoms with Gasteiger partial charge in [-0.15, -0.1) is 0 Å². The van der Waals surface area contributed by atoms with Crippen molar-refractivity contribution >= 4 is 27.5 Å². The molecule has 4 N–H and O–H groups in total. The monoisotopic (exact) mass is 253 g/mol. The van der Waals surface area contributed by atoms with Crippen molar-refractivity contribution in [3.05, 3.63) is 0 Å². The van der Waals surface area contributed by atoms with Crippen LogP contribution in [0.25, 0.3) is 0 Å². The second-order valence-corrected chi connectivity index (χ2v) is 6.69. The van der Waals surface area contributed by atoms with Crippen molar-refractivity contribution in [1.82, 2.24) is 10.6 Å². The maximum Gasteiger partial charge on any atom is 0.216 e. The highest BCUT2D eigenvalue weighted by molar-refractivity contribution is 7.98. The van der Waals surface area contributed by atoms with Crippen LogP contribution in [0.3, 0.4) is 0 Å². The lowest BCUT2D eigenvalue weighted by atomic mass is 10.0. The molecule has 0 aliphatic carbocycles. The molecule has 0 spiro atoms. The van der Waals surface area contributed by atoms with Crippen molar-refractivity contribution in [2.45, 2.75) is 18.9 Å². The van der Waals surface area contributed by atoms with Crippen LogP contribution in [0.1, 0.15) is 13.3 Å². The summed E-state index contributed by atoms with van der Waals surface area (Å²) in [6.45, 7) is 2.27. The number of aliphatic hydroxyl groups excluding tert-OH is 1. The number of nitrogens with one attached hydrogen (secondary N) is 2. The summed E-state index contributed by atoms with van der Waals surface area (Å²) in [5.74, 6) is 0.542. The highest BCUT2D eigenvalue weighted by atomic mass is 32.3. The highest BCUT2D eigenvalue weighted by Gasteiger charge is 2.47. The van der Waals surface area contributed by atoms with Crippen molar-refractivity contribution in [2.75, 3.05) is 24.7 Å². The minimum Gasteiger partial charge on any atom is -0.395 e. The van der Waals surface area contributed by atoms with E-state index >= 15 is 0 Å². The molecule has 1 fully saturated rings. The van der Waals surface area contributed by atoms with Crippen LogP contribution in [-0.4, -0.2) is 45.0 Å². The summed E-state index contributed by atoms with van der Waals surface area (Å²) >= 11 is 5.00. The topological polar surface area (TPSA) is 81.6 Å². The minimum atomic E-state index is -2.67. The molecule has 0 aromatic heterocycles. The quantitative estimate of drug-likeness (QED) is 0.404. The van der Waals surface area contributed by atoms with Crippen LogP contribution >= 0.6 is 12.2 Å². The average molecular weight is 253 g/mol. The van der Waals surface area contributed by atoms with Gasteiger partial charge in [-0.1, -0.05) is 4.21 Å². The van der Waals surface area contributed by atoms with E-state index < -0.39 is 15.8 Å². The third-order valence-electron chi connectivity index (χ3n) is 2.33. The molecule has 15 heavy (non-hydrogen) atoms. The van der Waals surface area contributed by atoms with E-state index in [0.29, 0.717) is 23.8 Å². The molecule has 1 heterocycles. The molecule has 0 radical (unpaired) electrons. The van der Waals surface area contributed by atoms with Crippen molar-refractivity contribution in [1.29, 1.82) is 0 Å². The molecule has 7 heteroatoms. The molecule has 5 nitrogen and oxygen atoms in total. The van der Waals surface area contributed by atoms with Gasteiger partial charge in [0.15, 0.2) is 10.9 Å². The van der Waals surface area contributed by atoms with Crippen molar-refractivity contribution in [2.24, 2.45) is 0 Å². The van der Waals surface area contributed by atoms with Crippen molar-refractivity contribution in [3.63, 3.8) is 0 Å². The zero-order valence-corrected chi connectivity index (χ0v) is 10.3. The number of rotatable bonds is 3. The Kier molecular flexibility index (Phi) is 4.05. The van der Waals surface area contributed by atoms with Gasteiger partial charge in [-0.2, -0.15) is 4.55 Å². The maximum absolute atomic E-state index is 11.4. The molecular weight excluding hydrogens is 236 g/mol. The summed E-state index contributed by atoms with van der Waals surface area (Å²) in [5.41, 5.74) is -0.411. The van der Waals surface area contributed by atoms with Gasteiger partial charge >= 0.3 is 0 Å². The Balaban J connectivity index is 2.44. The Morgan fingerprint density at radius 2 is 2.33 bits per heavy atom. The lowest BCUT2D eigenvalue weighted by molar-refractivity contribution is 0.299. The van der Waals surface area contributed by atoms with E-state index in [1.165, 1.54) is 0 Å². The summed E-state index contributed by atoms with van der Waals surface area (Å²) in [7, 11) is -2.67. The van der Waals surface area contributed by atoms with E-state index in [4.69, 9.17) is 17.3 Å². The van der Waals surface area contributed by atoms with Crippen molar-refractivity contribution in [3.8, 4) is 0 Å². The SMILES string of the molecule is C[C@@]1(NC(=S)NCCO)CC[S+](=O)(O)C1. The standard InChI is InChI=1S/C8H16N2O3S2/c1-8(2-5-15(12,13)6-8)10-7(14)9-3-4-11/h11H,2-6H2,1H3,(H2-,9,10,12,13,14)/p+1/t8-/m1/s1. The molecule has 1 unspecified atom stereocenters. The Hall–Kier alpha value is -0.240. The van der Waals surface area contributed by atoms with E-state index in [1.807, 2.05) is 6.92 Å². The first-order valence-corrected chi connectivity index (χ1v) is 7.02. The molecule has 0 amide bonds. The van der Waals surface area contributed by atoms with Gasteiger partial charge < -0.3 is 15.7 Å². The fourth-order valence-electron chi connectivity index (χ4n) is 1.61. The van der Waals surface area contributed by atoms with Crippen LogP contribution in [0.2, 0.25) is 0 Å². The summed E-state index contributed by atoms with van der Waals surface area (Å²) in [5, 5.41) is 14.8. The molecule has 1 saturated heterocycles. The largest absolute Gasteiger partial charge is 0.395 e. The first-order chi connectivity index (χ1) is 6.87. The minimum absolute atomic E-state index is 0.00920. The zero-order chi connectivity index (χ0) is 11.5. The lowest BCUT2D eigenvalue weighted by Gasteiger charge is -2.23. The van der Waals surface area contributed by atoms with Crippen LogP contribution in [0, 0.1) is 0 Å². The number of aliphatic hydroxyl groups is 1. The number of hydrogen-bond acceptors (Lipinski definition) is 3. The maximum atomic E-state index is 11.4. The zero-order valence-electron chi connectivity index (χ0n) is 8.65. The van der Waals surface area contributed by atoms with Crippen LogP contribution in [-0.2, 0) is 14.4 Å². The predicted molar refractivity (Wildman–Crippen MR) is 64.3 cm³/mol. The highest BCUT2D eigenvalue weighted by Crippen LogP contribution is 2.26. The molecule has 0 aromatic rings. The van der Waals surface area contributed by atoms with Crippen LogP contribution in [0.4, 0.5) is 0 Å². The predicted octanol–water partition coefficient (Wildman–Crippen LogP) is -0.422. The molecule has 1 rings (SSSR count). The number of hydrogen-bond donors (Lipinski definition) is 4. The molecule has 1 aliphatic heterocycles. The normalized spacial score (nSPS) is 35.1. The molecule has 0 aromatic carbocycles. The van der Waals surface area contributed by atoms with Gasteiger partial charge in [0, 0.05) is 13.0 Å². The Morgan fingerprint density at radius 3 is 2.80 bits per heavy atom. The van der Waals surface area contributed by atoms with E-state index in [0.717, 1.165) is 0 Å².